The molecule has 2 heterocycles. The summed E-state index contributed by atoms with van der Waals surface area (Å²) in [5.41, 5.74) is 3.21. The van der Waals surface area contributed by atoms with E-state index in [1.165, 1.54) is 11.8 Å². The van der Waals surface area contributed by atoms with Gasteiger partial charge in [0.2, 0.25) is 0 Å². The second-order valence-corrected chi connectivity index (χ2v) is 6.39. The Bertz CT molecular complexity index is 764. The van der Waals surface area contributed by atoms with E-state index in [1.807, 2.05) is 24.4 Å². The first-order valence-electron chi connectivity index (χ1n) is 8.99. The first kappa shape index (κ1) is 18.0. The minimum Gasteiger partial charge on any atom is -0.500 e. The molecule has 0 unspecified atom stereocenters. The standard InChI is InChI=1S/C22H25N3O/c1-3-26-17-16-24-12-14-25(15-13-24)22-11-10-21(18-23-22)9-8-20-6-4-19(2)5-7-20/h3-7,10-11,18H,1,12-17H2,2H3. The zero-order valence-corrected chi connectivity index (χ0v) is 15.3. The topological polar surface area (TPSA) is 28.6 Å². The molecule has 4 heteroatoms. The smallest absolute Gasteiger partial charge is 0.128 e. The molecule has 1 aliphatic heterocycles. The van der Waals surface area contributed by atoms with Gasteiger partial charge in [-0.3, -0.25) is 4.90 Å². The summed E-state index contributed by atoms with van der Waals surface area (Å²) in [6.07, 6.45) is 3.37. The maximum atomic E-state index is 5.20. The Morgan fingerprint density at radius 2 is 1.73 bits per heavy atom. The van der Waals surface area contributed by atoms with Gasteiger partial charge in [-0.2, -0.15) is 0 Å². The molecule has 3 rings (SSSR count). The van der Waals surface area contributed by atoms with Crippen LogP contribution in [0.3, 0.4) is 0 Å². The van der Waals surface area contributed by atoms with Crippen LogP contribution < -0.4 is 4.90 Å². The highest BCUT2D eigenvalue weighted by atomic mass is 16.5. The second-order valence-electron chi connectivity index (χ2n) is 6.39. The van der Waals surface area contributed by atoms with Crippen LogP contribution in [0.5, 0.6) is 0 Å². The average Bonchev–Trinajstić information content (AvgIpc) is 2.69. The van der Waals surface area contributed by atoms with Crippen LogP contribution in [0.4, 0.5) is 5.82 Å². The van der Waals surface area contributed by atoms with E-state index in [0.717, 1.165) is 49.7 Å². The van der Waals surface area contributed by atoms with Gasteiger partial charge in [-0.25, -0.2) is 4.98 Å². The molecule has 0 radical (unpaired) electrons. The number of nitrogens with zero attached hydrogens (tertiary/aromatic N) is 3. The van der Waals surface area contributed by atoms with Gasteiger partial charge in [0.05, 0.1) is 12.9 Å². The van der Waals surface area contributed by atoms with E-state index in [9.17, 15) is 0 Å². The van der Waals surface area contributed by atoms with Crippen LogP contribution in [0.1, 0.15) is 16.7 Å². The number of anilines is 1. The fourth-order valence-corrected chi connectivity index (χ4v) is 2.89. The predicted octanol–water partition coefficient (Wildman–Crippen LogP) is 3.07. The molecule has 0 spiro atoms. The van der Waals surface area contributed by atoms with Gasteiger partial charge in [0.25, 0.3) is 0 Å². The number of ether oxygens (including phenoxy) is 1. The molecule has 26 heavy (non-hydrogen) atoms. The molecule has 134 valence electrons. The molecular weight excluding hydrogens is 322 g/mol. The number of benzene rings is 1. The summed E-state index contributed by atoms with van der Waals surface area (Å²) in [5, 5.41) is 0. The number of pyridine rings is 1. The van der Waals surface area contributed by atoms with Crippen molar-refractivity contribution >= 4 is 5.82 Å². The monoisotopic (exact) mass is 347 g/mol. The van der Waals surface area contributed by atoms with Gasteiger partial charge in [0.1, 0.15) is 5.82 Å². The predicted molar refractivity (Wildman–Crippen MR) is 106 cm³/mol. The lowest BCUT2D eigenvalue weighted by atomic mass is 10.1. The first-order chi connectivity index (χ1) is 12.7. The van der Waals surface area contributed by atoms with Crippen molar-refractivity contribution in [3.63, 3.8) is 0 Å². The molecule has 1 aromatic carbocycles. The van der Waals surface area contributed by atoms with Gasteiger partial charge < -0.3 is 9.64 Å². The Kier molecular flexibility index (Phi) is 6.29. The van der Waals surface area contributed by atoms with Gasteiger partial charge >= 0.3 is 0 Å². The molecule has 1 fully saturated rings. The maximum absolute atomic E-state index is 5.20. The van der Waals surface area contributed by atoms with Crippen LogP contribution in [0.2, 0.25) is 0 Å². The zero-order chi connectivity index (χ0) is 18.2. The maximum Gasteiger partial charge on any atom is 0.128 e. The molecule has 0 aliphatic carbocycles. The third kappa shape index (κ3) is 5.11. The van der Waals surface area contributed by atoms with Crippen LogP contribution >= 0.6 is 0 Å². The molecule has 0 bridgehead atoms. The van der Waals surface area contributed by atoms with E-state index in [0.29, 0.717) is 6.61 Å². The minimum absolute atomic E-state index is 0.704. The molecule has 0 saturated carbocycles. The Balaban J connectivity index is 1.54. The lowest BCUT2D eigenvalue weighted by Crippen LogP contribution is -2.47. The molecular formula is C22H25N3O. The van der Waals surface area contributed by atoms with E-state index in [2.05, 4.69) is 58.3 Å². The first-order valence-corrected chi connectivity index (χ1v) is 8.99. The molecule has 1 saturated heterocycles. The normalized spacial score (nSPS) is 14.4. The number of hydrogen-bond acceptors (Lipinski definition) is 4. The third-order valence-electron chi connectivity index (χ3n) is 4.49. The molecule has 1 aromatic heterocycles. The quantitative estimate of drug-likeness (QED) is 0.472. The van der Waals surface area contributed by atoms with Crippen LogP contribution in [-0.2, 0) is 4.74 Å². The fourth-order valence-electron chi connectivity index (χ4n) is 2.89. The summed E-state index contributed by atoms with van der Waals surface area (Å²) >= 11 is 0. The molecule has 4 nitrogen and oxygen atoms in total. The number of rotatable bonds is 5. The zero-order valence-electron chi connectivity index (χ0n) is 15.3. The van der Waals surface area contributed by atoms with Gasteiger partial charge in [-0.05, 0) is 31.2 Å². The number of aryl methyl sites for hydroxylation is 1. The van der Waals surface area contributed by atoms with Crippen LogP contribution in [0.25, 0.3) is 0 Å². The Hall–Kier alpha value is -2.77. The van der Waals surface area contributed by atoms with Crippen molar-refractivity contribution in [2.45, 2.75) is 6.92 Å². The van der Waals surface area contributed by atoms with Crippen molar-refractivity contribution in [1.82, 2.24) is 9.88 Å². The summed E-state index contributed by atoms with van der Waals surface area (Å²) in [4.78, 5) is 9.32. The third-order valence-corrected chi connectivity index (χ3v) is 4.49. The van der Waals surface area contributed by atoms with Crippen LogP contribution in [-0.4, -0.2) is 49.2 Å². The van der Waals surface area contributed by atoms with Gasteiger partial charge in [-0.15, -0.1) is 0 Å². The SMILES string of the molecule is C=COCCN1CCN(c2ccc(C#Cc3ccc(C)cc3)cn2)CC1. The van der Waals surface area contributed by atoms with E-state index in [-0.39, 0.29) is 0 Å². The summed E-state index contributed by atoms with van der Waals surface area (Å²) in [6, 6.07) is 12.4. The summed E-state index contributed by atoms with van der Waals surface area (Å²) in [5.74, 6) is 7.39. The lowest BCUT2D eigenvalue weighted by molar-refractivity contribution is 0.172. The Labute approximate surface area is 156 Å². The highest BCUT2D eigenvalue weighted by molar-refractivity contribution is 5.46. The van der Waals surface area contributed by atoms with Crippen molar-refractivity contribution in [3.8, 4) is 11.8 Å². The average molecular weight is 347 g/mol. The van der Waals surface area contributed by atoms with E-state index in [1.54, 1.807) is 0 Å². The van der Waals surface area contributed by atoms with E-state index >= 15 is 0 Å². The van der Waals surface area contributed by atoms with Gasteiger partial charge in [0, 0.05) is 50.0 Å². The summed E-state index contributed by atoms with van der Waals surface area (Å²) in [7, 11) is 0. The number of hydrogen-bond donors (Lipinski definition) is 0. The largest absolute Gasteiger partial charge is 0.500 e. The van der Waals surface area contributed by atoms with E-state index in [4.69, 9.17) is 4.74 Å². The fraction of sp³-hybridized carbons (Fsp3) is 0.318. The minimum atomic E-state index is 0.704. The number of aromatic nitrogens is 1. The van der Waals surface area contributed by atoms with Crippen molar-refractivity contribution in [2.75, 3.05) is 44.2 Å². The Morgan fingerprint density at radius 1 is 1.04 bits per heavy atom. The van der Waals surface area contributed by atoms with Crippen LogP contribution in [0, 0.1) is 18.8 Å². The molecule has 0 amide bonds. The van der Waals surface area contributed by atoms with Crippen LogP contribution in [0.15, 0.2) is 55.4 Å². The molecule has 2 aromatic rings. The van der Waals surface area contributed by atoms with Gasteiger partial charge in [-0.1, -0.05) is 36.1 Å². The molecule has 1 aliphatic rings. The molecule has 0 atom stereocenters. The molecule has 0 N–H and O–H groups in total. The van der Waals surface area contributed by atoms with Crippen molar-refractivity contribution in [2.24, 2.45) is 0 Å². The van der Waals surface area contributed by atoms with Crippen molar-refractivity contribution in [3.05, 3.63) is 72.1 Å². The summed E-state index contributed by atoms with van der Waals surface area (Å²) < 4.78 is 5.20. The highest BCUT2D eigenvalue weighted by Crippen LogP contribution is 2.14. The highest BCUT2D eigenvalue weighted by Gasteiger charge is 2.17. The Morgan fingerprint density at radius 3 is 2.38 bits per heavy atom. The second kappa shape index (κ2) is 9.07. The van der Waals surface area contributed by atoms with Crippen molar-refractivity contribution in [1.29, 1.82) is 0 Å². The van der Waals surface area contributed by atoms with Crippen molar-refractivity contribution < 1.29 is 4.74 Å². The van der Waals surface area contributed by atoms with Gasteiger partial charge in [0.15, 0.2) is 0 Å². The van der Waals surface area contributed by atoms with E-state index < -0.39 is 0 Å². The number of piperazine rings is 1. The lowest BCUT2D eigenvalue weighted by Gasteiger charge is -2.35. The summed E-state index contributed by atoms with van der Waals surface area (Å²) in [6.45, 7) is 11.3.